The summed E-state index contributed by atoms with van der Waals surface area (Å²) in [4.78, 5) is 2.65. The van der Waals surface area contributed by atoms with E-state index in [4.69, 9.17) is 5.73 Å². The average molecular weight is 288 g/mol. The van der Waals surface area contributed by atoms with Crippen molar-refractivity contribution in [2.75, 3.05) is 12.3 Å². The van der Waals surface area contributed by atoms with E-state index in [-0.39, 0.29) is 0 Å². The van der Waals surface area contributed by atoms with Gasteiger partial charge in [0.2, 0.25) is 0 Å². The summed E-state index contributed by atoms with van der Waals surface area (Å²) in [5, 5.41) is 0. The number of unbranched alkanes of at least 4 members (excludes halogenated alkanes) is 6. The summed E-state index contributed by atoms with van der Waals surface area (Å²) >= 11 is 0. The quantitative estimate of drug-likeness (QED) is 0.459. The molecule has 0 bridgehead atoms. The SMILES string of the molecule is CCCCCCCCCN(Cc1ccccc1N)C1CC1. The van der Waals surface area contributed by atoms with E-state index >= 15 is 0 Å². The molecule has 0 aromatic heterocycles. The first kappa shape index (κ1) is 16.4. The van der Waals surface area contributed by atoms with E-state index in [1.165, 1.54) is 69.9 Å². The van der Waals surface area contributed by atoms with E-state index < -0.39 is 0 Å². The maximum absolute atomic E-state index is 6.09. The van der Waals surface area contributed by atoms with Crippen LogP contribution in [0.5, 0.6) is 0 Å². The van der Waals surface area contributed by atoms with Crippen molar-refractivity contribution in [3.05, 3.63) is 29.8 Å². The Morgan fingerprint density at radius 2 is 1.67 bits per heavy atom. The molecule has 0 heterocycles. The van der Waals surface area contributed by atoms with E-state index in [1.807, 2.05) is 12.1 Å². The summed E-state index contributed by atoms with van der Waals surface area (Å²) in [6, 6.07) is 9.15. The van der Waals surface area contributed by atoms with Crippen LogP contribution in [0.2, 0.25) is 0 Å². The highest BCUT2D eigenvalue weighted by Crippen LogP contribution is 2.29. The van der Waals surface area contributed by atoms with Gasteiger partial charge in [0.1, 0.15) is 0 Å². The number of hydrogen-bond donors (Lipinski definition) is 1. The Bertz CT molecular complexity index is 398. The highest BCUT2D eigenvalue weighted by atomic mass is 15.2. The highest BCUT2D eigenvalue weighted by molar-refractivity contribution is 5.46. The summed E-state index contributed by atoms with van der Waals surface area (Å²) in [6.07, 6.45) is 12.5. The van der Waals surface area contributed by atoms with Gasteiger partial charge in [-0.15, -0.1) is 0 Å². The molecule has 118 valence electrons. The molecule has 0 radical (unpaired) electrons. The normalized spacial score (nSPS) is 14.8. The smallest absolute Gasteiger partial charge is 0.0359 e. The number of nitrogens with two attached hydrogens (primary N) is 1. The van der Waals surface area contributed by atoms with Crippen LogP contribution in [0.15, 0.2) is 24.3 Å². The molecule has 0 aliphatic heterocycles. The fourth-order valence-corrected chi connectivity index (χ4v) is 3.00. The Morgan fingerprint density at radius 1 is 1.00 bits per heavy atom. The zero-order valence-electron chi connectivity index (χ0n) is 13.7. The van der Waals surface area contributed by atoms with Gasteiger partial charge in [0.25, 0.3) is 0 Å². The Morgan fingerprint density at radius 3 is 2.33 bits per heavy atom. The monoisotopic (exact) mass is 288 g/mol. The first-order chi connectivity index (χ1) is 10.3. The van der Waals surface area contributed by atoms with Crippen molar-refractivity contribution in [1.82, 2.24) is 4.90 Å². The van der Waals surface area contributed by atoms with Crippen LogP contribution in [-0.4, -0.2) is 17.5 Å². The van der Waals surface area contributed by atoms with Gasteiger partial charge in [-0.1, -0.05) is 63.6 Å². The molecule has 0 atom stereocenters. The van der Waals surface area contributed by atoms with Crippen LogP contribution in [0.4, 0.5) is 5.69 Å². The predicted molar refractivity (Wildman–Crippen MR) is 92.3 cm³/mol. The molecule has 2 heteroatoms. The molecular weight excluding hydrogens is 256 g/mol. The molecule has 0 amide bonds. The zero-order valence-corrected chi connectivity index (χ0v) is 13.7. The fourth-order valence-electron chi connectivity index (χ4n) is 3.00. The van der Waals surface area contributed by atoms with Crippen molar-refractivity contribution >= 4 is 5.69 Å². The van der Waals surface area contributed by atoms with E-state index in [2.05, 4.69) is 24.0 Å². The summed E-state index contributed by atoms with van der Waals surface area (Å²) in [5.41, 5.74) is 8.33. The second-order valence-corrected chi connectivity index (χ2v) is 6.52. The van der Waals surface area contributed by atoms with Crippen LogP contribution >= 0.6 is 0 Å². The van der Waals surface area contributed by atoms with Gasteiger partial charge in [0.05, 0.1) is 0 Å². The summed E-state index contributed by atoms with van der Waals surface area (Å²) in [6.45, 7) is 4.56. The topological polar surface area (TPSA) is 29.3 Å². The number of rotatable bonds is 11. The second-order valence-electron chi connectivity index (χ2n) is 6.52. The Hall–Kier alpha value is -1.02. The van der Waals surface area contributed by atoms with Crippen LogP contribution < -0.4 is 5.73 Å². The summed E-state index contributed by atoms with van der Waals surface area (Å²) < 4.78 is 0. The largest absolute Gasteiger partial charge is 0.398 e. The van der Waals surface area contributed by atoms with Gasteiger partial charge in [0, 0.05) is 18.3 Å². The maximum Gasteiger partial charge on any atom is 0.0359 e. The number of anilines is 1. The van der Waals surface area contributed by atoms with E-state index in [9.17, 15) is 0 Å². The molecule has 21 heavy (non-hydrogen) atoms. The fraction of sp³-hybridized carbons (Fsp3) is 0.684. The van der Waals surface area contributed by atoms with Gasteiger partial charge in [-0.25, -0.2) is 0 Å². The number of nitrogens with zero attached hydrogens (tertiary/aromatic N) is 1. The van der Waals surface area contributed by atoms with Gasteiger partial charge in [0.15, 0.2) is 0 Å². The average Bonchev–Trinajstić information content (AvgIpc) is 3.32. The summed E-state index contributed by atoms with van der Waals surface area (Å²) in [7, 11) is 0. The minimum atomic E-state index is 0.824. The number of para-hydroxylation sites is 1. The molecule has 1 aliphatic rings. The van der Waals surface area contributed by atoms with Crippen molar-refractivity contribution in [2.24, 2.45) is 0 Å². The van der Waals surface area contributed by atoms with E-state index in [1.54, 1.807) is 0 Å². The van der Waals surface area contributed by atoms with Crippen molar-refractivity contribution in [3.63, 3.8) is 0 Å². The molecule has 2 N–H and O–H groups in total. The van der Waals surface area contributed by atoms with Crippen LogP contribution in [0.25, 0.3) is 0 Å². The lowest BCUT2D eigenvalue weighted by Gasteiger charge is -2.22. The van der Waals surface area contributed by atoms with Crippen molar-refractivity contribution in [3.8, 4) is 0 Å². The van der Waals surface area contributed by atoms with Gasteiger partial charge >= 0.3 is 0 Å². The maximum atomic E-state index is 6.09. The first-order valence-corrected chi connectivity index (χ1v) is 8.88. The molecule has 1 aromatic rings. The molecule has 1 saturated carbocycles. The van der Waals surface area contributed by atoms with Crippen molar-refractivity contribution < 1.29 is 0 Å². The highest BCUT2D eigenvalue weighted by Gasteiger charge is 2.28. The third-order valence-corrected chi connectivity index (χ3v) is 4.54. The third kappa shape index (κ3) is 6.09. The standard InChI is InChI=1S/C19H32N2/c1-2-3-4-5-6-7-10-15-21(18-13-14-18)16-17-11-8-9-12-19(17)20/h8-9,11-12,18H,2-7,10,13-16,20H2,1H3. The Labute approximate surface area is 130 Å². The van der Waals surface area contributed by atoms with Gasteiger partial charge in [-0.05, 0) is 37.4 Å². The summed E-state index contributed by atoms with van der Waals surface area (Å²) in [5.74, 6) is 0. The van der Waals surface area contributed by atoms with Crippen LogP contribution in [-0.2, 0) is 6.54 Å². The molecule has 2 nitrogen and oxygen atoms in total. The lowest BCUT2D eigenvalue weighted by Crippen LogP contribution is -2.27. The predicted octanol–water partition coefficient (Wildman–Crippen LogP) is 4.98. The minimum absolute atomic E-state index is 0.824. The molecule has 1 aliphatic carbocycles. The van der Waals surface area contributed by atoms with E-state index in [0.29, 0.717) is 0 Å². The van der Waals surface area contributed by atoms with Crippen LogP contribution in [0.3, 0.4) is 0 Å². The molecule has 0 saturated heterocycles. The van der Waals surface area contributed by atoms with Crippen LogP contribution in [0.1, 0.15) is 70.3 Å². The second kappa shape index (κ2) is 9.09. The number of hydrogen-bond acceptors (Lipinski definition) is 2. The lowest BCUT2D eigenvalue weighted by atomic mass is 10.1. The molecular formula is C19H32N2. The van der Waals surface area contributed by atoms with Crippen LogP contribution in [0, 0.1) is 0 Å². The number of benzene rings is 1. The molecule has 1 fully saturated rings. The lowest BCUT2D eigenvalue weighted by molar-refractivity contribution is 0.248. The van der Waals surface area contributed by atoms with Gasteiger partial charge in [-0.2, -0.15) is 0 Å². The Kier molecular flexibility index (Phi) is 7.08. The zero-order chi connectivity index (χ0) is 14.9. The van der Waals surface area contributed by atoms with Crippen molar-refractivity contribution in [2.45, 2.75) is 77.3 Å². The first-order valence-electron chi connectivity index (χ1n) is 8.88. The molecule has 2 rings (SSSR count). The van der Waals surface area contributed by atoms with E-state index in [0.717, 1.165) is 18.3 Å². The molecule has 0 unspecified atom stereocenters. The van der Waals surface area contributed by atoms with Gasteiger partial charge < -0.3 is 5.73 Å². The van der Waals surface area contributed by atoms with Crippen molar-refractivity contribution in [1.29, 1.82) is 0 Å². The Balaban J connectivity index is 1.67. The third-order valence-electron chi connectivity index (χ3n) is 4.54. The van der Waals surface area contributed by atoms with Gasteiger partial charge in [-0.3, -0.25) is 4.90 Å². The minimum Gasteiger partial charge on any atom is -0.398 e. The molecule has 0 spiro atoms. The number of nitrogen functional groups attached to an aromatic ring is 1. The molecule has 1 aromatic carbocycles.